The highest BCUT2D eigenvalue weighted by atomic mass is 32.2. The van der Waals surface area contributed by atoms with E-state index in [4.69, 9.17) is 5.11 Å². The molecule has 19 heavy (non-hydrogen) atoms. The number of rotatable bonds is 8. The molecule has 0 saturated heterocycles. The molecule has 1 rings (SSSR count). The van der Waals surface area contributed by atoms with Crippen molar-refractivity contribution in [3.63, 3.8) is 0 Å². The molecule has 0 spiro atoms. The zero-order chi connectivity index (χ0) is 14.4. The van der Waals surface area contributed by atoms with Crippen LogP contribution in [0.2, 0.25) is 0 Å². The Kier molecular flexibility index (Phi) is 6.14. The molecule has 0 aliphatic carbocycles. The largest absolute Gasteiger partial charge is 0.481 e. The lowest BCUT2D eigenvalue weighted by Crippen LogP contribution is -2.23. The van der Waals surface area contributed by atoms with Crippen molar-refractivity contribution in [3.05, 3.63) is 0 Å². The summed E-state index contributed by atoms with van der Waals surface area (Å²) in [6, 6.07) is 0.199. The van der Waals surface area contributed by atoms with E-state index >= 15 is 0 Å². The van der Waals surface area contributed by atoms with Crippen LogP contribution in [-0.2, 0) is 4.79 Å². The quantitative estimate of drug-likeness (QED) is 0.739. The van der Waals surface area contributed by atoms with E-state index in [0.29, 0.717) is 5.16 Å². The molecule has 0 bridgehead atoms. The first-order valence-corrected chi connectivity index (χ1v) is 7.46. The number of carboxylic acid groups (broad SMARTS) is 1. The van der Waals surface area contributed by atoms with E-state index in [-0.39, 0.29) is 11.8 Å². The fourth-order valence-electron chi connectivity index (χ4n) is 1.70. The molecule has 0 saturated carbocycles. The van der Waals surface area contributed by atoms with E-state index in [0.717, 1.165) is 25.3 Å². The monoisotopic (exact) mass is 286 g/mol. The van der Waals surface area contributed by atoms with Gasteiger partial charge in [-0.1, -0.05) is 25.1 Å². The lowest BCUT2D eigenvalue weighted by atomic mass is 10.3. The number of hydrogen-bond acceptors (Lipinski definition) is 5. The van der Waals surface area contributed by atoms with Gasteiger partial charge in [-0.2, -0.15) is 0 Å². The highest BCUT2D eigenvalue weighted by Crippen LogP contribution is 2.25. The van der Waals surface area contributed by atoms with Crippen LogP contribution in [0, 0.1) is 0 Å². The van der Waals surface area contributed by atoms with E-state index in [1.54, 1.807) is 0 Å². The molecular formula is C12H22N4O2S. The molecule has 0 aliphatic heterocycles. The summed E-state index contributed by atoms with van der Waals surface area (Å²) in [6.07, 6.45) is 2.22. The van der Waals surface area contributed by atoms with Gasteiger partial charge in [0, 0.05) is 19.6 Å². The van der Waals surface area contributed by atoms with Crippen LogP contribution < -0.4 is 4.90 Å². The smallest absolute Gasteiger partial charge is 0.313 e. The van der Waals surface area contributed by atoms with Crippen molar-refractivity contribution in [2.75, 3.05) is 24.2 Å². The Balaban J connectivity index is 2.89. The molecule has 0 radical (unpaired) electrons. The molecule has 1 aromatic rings. The number of nitrogens with zero attached hydrogens (tertiary/aromatic N) is 4. The van der Waals surface area contributed by atoms with Crippen LogP contribution in [0.3, 0.4) is 0 Å². The second-order valence-electron chi connectivity index (χ2n) is 4.70. The molecule has 108 valence electrons. The van der Waals surface area contributed by atoms with Crippen LogP contribution in [0.5, 0.6) is 0 Å². The molecule has 6 nitrogen and oxygen atoms in total. The third kappa shape index (κ3) is 4.41. The number of thioether (sulfide) groups is 1. The minimum Gasteiger partial charge on any atom is -0.481 e. The van der Waals surface area contributed by atoms with Gasteiger partial charge >= 0.3 is 5.97 Å². The van der Waals surface area contributed by atoms with Gasteiger partial charge in [-0.05, 0) is 20.3 Å². The lowest BCUT2D eigenvalue weighted by Gasteiger charge is -2.21. The predicted molar refractivity (Wildman–Crippen MR) is 76.9 cm³/mol. The zero-order valence-electron chi connectivity index (χ0n) is 12.0. The zero-order valence-corrected chi connectivity index (χ0v) is 12.8. The van der Waals surface area contributed by atoms with Gasteiger partial charge in [-0.3, -0.25) is 9.36 Å². The van der Waals surface area contributed by atoms with Crippen LogP contribution in [0.1, 0.15) is 39.7 Å². The number of unbranched alkanes of at least 4 members (excludes halogenated alkanes) is 1. The maximum absolute atomic E-state index is 10.6. The predicted octanol–water partition coefficient (Wildman–Crippen LogP) is 2.27. The third-order valence-electron chi connectivity index (χ3n) is 2.68. The fourth-order valence-corrected chi connectivity index (χ4v) is 2.48. The van der Waals surface area contributed by atoms with Gasteiger partial charge in [-0.25, -0.2) is 0 Å². The maximum Gasteiger partial charge on any atom is 0.313 e. The highest BCUT2D eigenvalue weighted by Gasteiger charge is 2.18. The topological polar surface area (TPSA) is 71.2 Å². The van der Waals surface area contributed by atoms with Crippen molar-refractivity contribution in [1.82, 2.24) is 14.8 Å². The summed E-state index contributed by atoms with van der Waals surface area (Å²) >= 11 is 1.21. The Morgan fingerprint density at radius 2 is 2.16 bits per heavy atom. The first kappa shape index (κ1) is 15.8. The van der Waals surface area contributed by atoms with E-state index in [9.17, 15) is 4.79 Å². The molecule has 7 heteroatoms. The van der Waals surface area contributed by atoms with Gasteiger partial charge in [0.1, 0.15) is 0 Å². The molecular weight excluding hydrogens is 264 g/mol. The molecule has 0 unspecified atom stereocenters. The van der Waals surface area contributed by atoms with Crippen molar-refractivity contribution in [3.8, 4) is 0 Å². The third-order valence-corrected chi connectivity index (χ3v) is 3.60. The van der Waals surface area contributed by atoms with Crippen LogP contribution in [0.15, 0.2) is 5.16 Å². The normalized spacial score (nSPS) is 11.0. The van der Waals surface area contributed by atoms with Crippen LogP contribution in [0.25, 0.3) is 0 Å². The molecule has 1 aromatic heterocycles. The Bertz CT molecular complexity index is 420. The average molecular weight is 286 g/mol. The van der Waals surface area contributed by atoms with Crippen molar-refractivity contribution < 1.29 is 9.90 Å². The van der Waals surface area contributed by atoms with Gasteiger partial charge in [-0.15, -0.1) is 10.2 Å². The number of hydrogen-bond donors (Lipinski definition) is 1. The van der Waals surface area contributed by atoms with Gasteiger partial charge in [0.05, 0.1) is 5.75 Å². The Labute approximate surface area is 118 Å². The molecule has 1 heterocycles. The molecule has 0 fully saturated rings. The summed E-state index contributed by atoms with van der Waals surface area (Å²) in [5.74, 6) is -0.0377. The Hall–Kier alpha value is -1.24. The number of carboxylic acids is 1. The Morgan fingerprint density at radius 3 is 2.68 bits per heavy atom. The van der Waals surface area contributed by atoms with E-state index in [2.05, 4.69) is 22.0 Å². The fraction of sp³-hybridized carbons (Fsp3) is 0.750. The molecule has 0 aromatic carbocycles. The summed E-state index contributed by atoms with van der Waals surface area (Å²) in [6.45, 7) is 7.16. The van der Waals surface area contributed by atoms with Crippen LogP contribution >= 0.6 is 11.8 Å². The lowest BCUT2D eigenvalue weighted by molar-refractivity contribution is -0.133. The van der Waals surface area contributed by atoms with Crippen LogP contribution in [-0.4, -0.2) is 45.2 Å². The minimum absolute atomic E-state index is 0.00350. The SMILES string of the molecule is CCCCN(C)c1nnc(SCC(=O)O)n1C(C)C. The highest BCUT2D eigenvalue weighted by molar-refractivity contribution is 7.99. The number of aromatic nitrogens is 3. The Morgan fingerprint density at radius 1 is 1.47 bits per heavy atom. The van der Waals surface area contributed by atoms with Crippen molar-refractivity contribution in [2.24, 2.45) is 0 Å². The number of anilines is 1. The van der Waals surface area contributed by atoms with Crippen molar-refractivity contribution in [2.45, 2.75) is 44.8 Å². The van der Waals surface area contributed by atoms with Gasteiger partial charge in [0.2, 0.25) is 5.95 Å². The molecule has 0 amide bonds. The summed E-state index contributed by atoms with van der Waals surface area (Å²) < 4.78 is 1.99. The van der Waals surface area contributed by atoms with Gasteiger partial charge < -0.3 is 10.0 Å². The van der Waals surface area contributed by atoms with Gasteiger partial charge in [0.25, 0.3) is 0 Å². The number of aliphatic carboxylic acids is 1. The summed E-state index contributed by atoms with van der Waals surface area (Å²) in [5.41, 5.74) is 0. The second-order valence-corrected chi connectivity index (χ2v) is 5.65. The first-order valence-electron chi connectivity index (χ1n) is 6.48. The maximum atomic E-state index is 10.6. The second kappa shape index (κ2) is 7.37. The van der Waals surface area contributed by atoms with Crippen LogP contribution in [0.4, 0.5) is 5.95 Å². The summed E-state index contributed by atoms with van der Waals surface area (Å²) in [4.78, 5) is 12.7. The molecule has 0 atom stereocenters. The van der Waals surface area contributed by atoms with E-state index < -0.39 is 5.97 Å². The standard InChI is InChI=1S/C12H22N4O2S/c1-5-6-7-15(4)11-13-14-12(16(11)9(2)3)19-8-10(17)18/h9H,5-8H2,1-4H3,(H,17,18). The van der Waals surface area contributed by atoms with Crippen molar-refractivity contribution >= 4 is 23.7 Å². The summed E-state index contributed by atoms with van der Waals surface area (Å²) in [7, 11) is 1.99. The molecule has 0 aliphatic rings. The van der Waals surface area contributed by atoms with E-state index in [1.165, 1.54) is 11.8 Å². The summed E-state index contributed by atoms with van der Waals surface area (Å²) in [5, 5.41) is 17.7. The number of carbonyl (C=O) groups is 1. The van der Waals surface area contributed by atoms with E-state index in [1.807, 2.05) is 25.5 Å². The molecule has 1 N–H and O–H groups in total. The minimum atomic E-state index is -0.843. The first-order chi connectivity index (χ1) is 8.97. The average Bonchev–Trinajstić information content (AvgIpc) is 2.77. The van der Waals surface area contributed by atoms with Gasteiger partial charge in [0.15, 0.2) is 5.16 Å². The van der Waals surface area contributed by atoms with Crippen molar-refractivity contribution in [1.29, 1.82) is 0 Å².